The van der Waals surface area contributed by atoms with Crippen molar-refractivity contribution in [1.29, 1.82) is 0 Å². The van der Waals surface area contributed by atoms with Gasteiger partial charge < -0.3 is 15.5 Å². The van der Waals surface area contributed by atoms with E-state index in [1.165, 1.54) is 10.5 Å². The summed E-state index contributed by atoms with van der Waals surface area (Å²) in [5.41, 5.74) is 6.07. The molecule has 0 bridgehead atoms. The third kappa shape index (κ3) is 3.54. The van der Waals surface area contributed by atoms with Crippen LogP contribution in [0.2, 0.25) is 0 Å². The fourth-order valence-corrected chi connectivity index (χ4v) is 3.59. The van der Waals surface area contributed by atoms with Crippen LogP contribution in [0.4, 0.5) is 4.79 Å². The maximum Gasteiger partial charge on any atom is 0.325 e. The fourth-order valence-electron chi connectivity index (χ4n) is 3.59. The van der Waals surface area contributed by atoms with E-state index in [0.717, 1.165) is 0 Å². The van der Waals surface area contributed by atoms with Crippen LogP contribution in [0.3, 0.4) is 0 Å². The second-order valence-corrected chi connectivity index (χ2v) is 7.22. The quantitative estimate of drug-likeness (QED) is 0.760. The number of amides is 4. The molecule has 0 saturated carbocycles. The number of carbonyl (C=O) groups excluding carboxylic acids is 3. The van der Waals surface area contributed by atoms with E-state index in [4.69, 9.17) is 5.73 Å². The summed E-state index contributed by atoms with van der Waals surface area (Å²) in [7, 11) is 0. The highest BCUT2D eigenvalue weighted by Gasteiger charge is 2.47. The molecule has 142 valence electrons. The Bertz CT molecular complexity index is 695. The largest absolute Gasteiger partial charge is 0.340 e. The number of benzene rings is 1. The second kappa shape index (κ2) is 7.63. The zero-order chi connectivity index (χ0) is 18.2. The van der Waals surface area contributed by atoms with Crippen LogP contribution < -0.4 is 11.1 Å². The smallest absolute Gasteiger partial charge is 0.325 e. The number of hydrogen-bond donors (Lipinski definition) is 2. The van der Waals surface area contributed by atoms with Gasteiger partial charge in [0.15, 0.2) is 0 Å². The molecule has 8 heteroatoms. The molecule has 0 aromatic heterocycles. The molecule has 2 fully saturated rings. The molecule has 4 amide bonds. The average molecular weight is 381 g/mol. The first-order valence-corrected chi connectivity index (χ1v) is 8.50. The van der Waals surface area contributed by atoms with E-state index in [9.17, 15) is 14.4 Å². The number of carbonyl (C=O) groups is 3. The van der Waals surface area contributed by atoms with Gasteiger partial charge >= 0.3 is 6.03 Å². The van der Waals surface area contributed by atoms with Gasteiger partial charge in [0.05, 0.1) is 0 Å². The summed E-state index contributed by atoms with van der Waals surface area (Å²) in [4.78, 5) is 39.6. The van der Waals surface area contributed by atoms with Crippen molar-refractivity contribution in [2.24, 2.45) is 11.7 Å². The van der Waals surface area contributed by atoms with Gasteiger partial charge in [-0.1, -0.05) is 30.3 Å². The van der Waals surface area contributed by atoms with Crippen molar-refractivity contribution in [3.63, 3.8) is 0 Å². The van der Waals surface area contributed by atoms with Crippen molar-refractivity contribution in [2.45, 2.75) is 25.3 Å². The summed E-state index contributed by atoms with van der Waals surface area (Å²) in [6.45, 7) is 4.81. The van der Waals surface area contributed by atoms with Gasteiger partial charge in [-0.05, 0) is 31.9 Å². The highest BCUT2D eigenvalue weighted by molar-refractivity contribution is 6.07. The molecule has 1 aromatic rings. The third-order valence-electron chi connectivity index (χ3n) is 5.31. The van der Waals surface area contributed by atoms with Crippen molar-refractivity contribution in [3.05, 3.63) is 35.9 Å². The number of likely N-dealkylation sites (tertiary alicyclic amines) is 1. The number of halogens is 1. The zero-order valence-electron chi connectivity index (χ0n) is 15.0. The van der Waals surface area contributed by atoms with Gasteiger partial charge in [0.2, 0.25) is 5.91 Å². The van der Waals surface area contributed by atoms with E-state index in [1.807, 2.05) is 18.2 Å². The van der Waals surface area contributed by atoms with E-state index in [0.29, 0.717) is 19.6 Å². The summed E-state index contributed by atoms with van der Waals surface area (Å²) in [5, 5.41) is 2.26. The van der Waals surface area contributed by atoms with Crippen LogP contribution in [-0.4, -0.2) is 59.4 Å². The SMILES string of the molecule is CC1(C)C(=O)NC(=O)N1CC(=O)N1C[C@@H](CN)[C@H](c2ccccc2)C1.Cl. The Morgan fingerprint density at radius 1 is 1.23 bits per heavy atom. The first kappa shape index (κ1) is 20.2. The summed E-state index contributed by atoms with van der Waals surface area (Å²) in [6.07, 6.45) is 0. The number of nitrogens with two attached hydrogens (primary N) is 1. The van der Waals surface area contributed by atoms with Gasteiger partial charge in [0.25, 0.3) is 5.91 Å². The van der Waals surface area contributed by atoms with Gasteiger partial charge in [-0.25, -0.2) is 4.79 Å². The Morgan fingerprint density at radius 3 is 2.42 bits per heavy atom. The molecule has 0 unspecified atom stereocenters. The van der Waals surface area contributed by atoms with Gasteiger partial charge in [0.1, 0.15) is 12.1 Å². The van der Waals surface area contributed by atoms with Gasteiger partial charge in [-0.15, -0.1) is 12.4 Å². The maximum atomic E-state index is 12.7. The van der Waals surface area contributed by atoms with Crippen LogP contribution >= 0.6 is 12.4 Å². The van der Waals surface area contributed by atoms with Crippen LogP contribution in [0.1, 0.15) is 25.3 Å². The van der Waals surface area contributed by atoms with Gasteiger partial charge in [-0.3, -0.25) is 14.9 Å². The van der Waals surface area contributed by atoms with Crippen LogP contribution in [-0.2, 0) is 9.59 Å². The molecule has 2 heterocycles. The molecule has 7 nitrogen and oxygen atoms in total. The minimum Gasteiger partial charge on any atom is -0.340 e. The molecule has 2 aliphatic heterocycles. The lowest BCUT2D eigenvalue weighted by Gasteiger charge is -2.29. The lowest BCUT2D eigenvalue weighted by molar-refractivity contribution is -0.132. The molecule has 2 saturated heterocycles. The molecule has 2 aliphatic rings. The van der Waals surface area contributed by atoms with Crippen LogP contribution in [0.5, 0.6) is 0 Å². The predicted molar refractivity (Wildman–Crippen MR) is 99.9 cm³/mol. The van der Waals surface area contributed by atoms with Crippen LogP contribution in [0, 0.1) is 5.92 Å². The van der Waals surface area contributed by atoms with Crippen molar-refractivity contribution >= 4 is 30.3 Å². The molecule has 26 heavy (non-hydrogen) atoms. The molecule has 1 aromatic carbocycles. The monoisotopic (exact) mass is 380 g/mol. The van der Waals surface area contributed by atoms with E-state index >= 15 is 0 Å². The van der Waals surface area contributed by atoms with E-state index in [1.54, 1.807) is 18.7 Å². The average Bonchev–Trinajstić information content (AvgIpc) is 3.11. The van der Waals surface area contributed by atoms with Gasteiger partial charge in [-0.2, -0.15) is 0 Å². The Labute approximate surface area is 159 Å². The summed E-state index contributed by atoms with van der Waals surface area (Å²) >= 11 is 0. The third-order valence-corrected chi connectivity index (χ3v) is 5.31. The number of nitrogens with one attached hydrogen (secondary N) is 1. The number of hydrogen-bond acceptors (Lipinski definition) is 4. The number of nitrogens with zero attached hydrogens (tertiary/aromatic N) is 2. The summed E-state index contributed by atoms with van der Waals surface area (Å²) in [6, 6.07) is 9.52. The first-order chi connectivity index (χ1) is 11.8. The minimum atomic E-state index is -1.02. The summed E-state index contributed by atoms with van der Waals surface area (Å²) < 4.78 is 0. The summed E-state index contributed by atoms with van der Waals surface area (Å²) in [5.74, 6) is -0.158. The number of urea groups is 1. The van der Waals surface area contributed by atoms with E-state index < -0.39 is 11.6 Å². The van der Waals surface area contributed by atoms with E-state index in [-0.39, 0.29) is 42.6 Å². The standard InChI is InChI=1S/C18H24N4O3.ClH/c1-18(2)16(24)20-17(25)22(18)11-15(23)21-9-13(8-19)14(10-21)12-6-4-3-5-7-12;/h3-7,13-14H,8-11,19H2,1-2H3,(H,20,24,25);1H/t13-,14+;/m1./s1. The lowest BCUT2D eigenvalue weighted by Crippen LogP contribution is -2.49. The predicted octanol–water partition coefficient (Wildman–Crippen LogP) is 0.940. The van der Waals surface area contributed by atoms with Crippen LogP contribution in [0.15, 0.2) is 30.3 Å². The minimum absolute atomic E-state index is 0. The number of rotatable bonds is 4. The van der Waals surface area contributed by atoms with Crippen molar-refractivity contribution in [3.8, 4) is 0 Å². The molecular weight excluding hydrogens is 356 g/mol. The van der Waals surface area contributed by atoms with Crippen LogP contribution in [0.25, 0.3) is 0 Å². The Kier molecular flexibility index (Phi) is 5.93. The zero-order valence-corrected chi connectivity index (χ0v) is 15.8. The van der Waals surface area contributed by atoms with Gasteiger partial charge in [0, 0.05) is 19.0 Å². The molecular formula is C18H25ClN4O3. The molecule has 2 atom stereocenters. The Morgan fingerprint density at radius 2 is 1.88 bits per heavy atom. The number of imide groups is 1. The van der Waals surface area contributed by atoms with Crippen molar-refractivity contribution < 1.29 is 14.4 Å². The van der Waals surface area contributed by atoms with E-state index in [2.05, 4.69) is 17.4 Å². The Balaban J connectivity index is 0.00000243. The topological polar surface area (TPSA) is 95.7 Å². The molecule has 0 radical (unpaired) electrons. The van der Waals surface area contributed by atoms with Crippen molar-refractivity contribution in [1.82, 2.24) is 15.1 Å². The highest BCUT2D eigenvalue weighted by atomic mass is 35.5. The maximum absolute atomic E-state index is 12.7. The molecule has 0 spiro atoms. The van der Waals surface area contributed by atoms with Crippen molar-refractivity contribution in [2.75, 3.05) is 26.2 Å². The molecule has 3 rings (SSSR count). The fraction of sp³-hybridized carbons (Fsp3) is 0.500. The highest BCUT2D eigenvalue weighted by Crippen LogP contribution is 2.32. The first-order valence-electron chi connectivity index (χ1n) is 8.50. The second-order valence-electron chi connectivity index (χ2n) is 7.22. The molecule has 3 N–H and O–H groups in total. The lowest BCUT2D eigenvalue weighted by atomic mass is 9.89. The molecule has 0 aliphatic carbocycles. The normalized spacial score (nSPS) is 24.4. The Hall–Kier alpha value is -2.12.